The van der Waals surface area contributed by atoms with E-state index in [0.717, 1.165) is 0 Å². The van der Waals surface area contributed by atoms with Gasteiger partial charge in [-0.2, -0.15) is 0 Å². The molecule has 0 amide bonds. The molecule has 1 aromatic rings. The summed E-state index contributed by atoms with van der Waals surface area (Å²) in [6, 6.07) is 0. The van der Waals surface area contributed by atoms with Crippen LogP contribution in [0.4, 0.5) is 0 Å². The van der Waals surface area contributed by atoms with Crippen molar-refractivity contribution in [2.24, 2.45) is 0 Å². The molecule has 1 aromatic heterocycles. The second-order valence-corrected chi connectivity index (χ2v) is 12.3. The van der Waals surface area contributed by atoms with Crippen molar-refractivity contribution < 1.29 is 4.57 Å². The smallest absolute Gasteiger partial charge is 0.234 e. The lowest BCUT2D eigenvalue weighted by molar-refractivity contribution is -0.704. The van der Waals surface area contributed by atoms with Gasteiger partial charge in [0.1, 0.15) is 12.4 Å². The van der Waals surface area contributed by atoms with E-state index < -0.39 is 0 Å². The van der Waals surface area contributed by atoms with Crippen molar-refractivity contribution in [1.82, 2.24) is 4.57 Å². The topological polar surface area (TPSA) is 8.81 Å². The Kier molecular flexibility index (Phi) is 25.7. The number of imidazole rings is 1. The highest BCUT2D eigenvalue weighted by Gasteiger charge is 2.16. The number of hydrogen-bond acceptors (Lipinski definition) is 0. The van der Waals surface area contributed by atoms with Crippen LogP contribution in [-0.2, 0) is 19.5 Å². The van der Waals surface area contributed by atoms with E-state index >= 15 is 0 Å². The fourth-order valence-corrected chi connectivity index (χ4v) is 5.94. The molecule has 0 unspecified atom stereocenters. The fraction of sp³-hybridized carbons (Fsp3) is 0.917. The lowest BCUT2D eigenvalue weighted by Crippen LogP contribution is -2.37. The molecule has 224 valence electrons. The first-order chi connectivity index (χ1) is 18.8. The zero-order valence-corrected chi connectivity index (χ0v) is 26.8. The number of aromatic nitrogens is 2. The molecule has 0 aliphatic heterocycles. The number of hydrogen-bond donors (Lipinski definition) is 0. The highest BCUT2D eigenvalue weighted by Crippen LogP contribution is 2.15. The van der Waals surface area contributed by atoms with E-state index in [1.807, 2.05) is 0 Å². The van der Waals surface area contributed by atoms with Crippen molar-refractivity contribution in [2.45, 2.75) is 214 Å². The Labute approximate surface area is 240 Å². The summed E-state index contributed by atoms with van der Waals surface area (Å²) in [5.41, 5.74) is 0. The summed E-state index contributed by atoms with van der Waals surface area (Å²) in [5.74, 6) is 1.60. The van der Waals surface area contributed by atoms with Gasteiger partial charge in [0.25, 0.3) is 5.82 Å². The standard InChI is InChI=1S/C36H71N2/c1-4-7-10-12-14-16-17-18-19-20-21-22-23-24-25-27-29-31-36-37(32-9-6-3)34-35-38(36)33-30-28-26-15-13-11-8-5-2/h34-35H,4-33H2,1-3H3/q+1. The molecule has 0 saturated heterocycles. The quantitative estimate of drug-likeness (QED) is 0.0689. The van der Waals surface area contributed by atoms with Gasteiger partial charge in [-0.3, -0.25) is 0 Å². The predicted octanol–water partition coefficient (Wildman–Crippen LogP) is 11.9. The molecule has 0 atom stereocenters. The van der Waals surface area contributed by atoms with Gasteiger partial charge in [0.15, 0.2) is 0 Å². The van der Waals surface area contributed by atoms with Crippen LogP contribution < -0.4 is 4.57 Å². The minimum Gasteiger partial charge on any atom is -0.234 e. The Morgan fingerprint density at radius 3 is 1.24 bits per heavy atom. The largest absolute Gasteiger partial charge is 0.256 e. The number of unbranched alkanes of at least 4 members (excludes halogenated alkanes) is 24. The molecule has 0 radical (unpaired) electrons. The van der Waals surface area contributed by atoms with Crippen LogP contribution in [-0.4, -0.2) is 4.57 Å². The molecule has 2 heteroatoms. The molecule has 1 heterocycles. The maximum Gasteiger partial charge on any atom is 0.256 e. The summed E-state index contributed by atoms with van der Waals surface area (Å²) in [6.45, 7) is 9.36. The second kappa shape index (κ2) is 27.8. The van der Waals surface area contributed by atoms with Crippen molar-refractivity contribution in [3.05, 3.63) is 18.2 Å². The van der Waals surface area contributed by atoms with E-state index in [0.29, 0.717) is 0 Å². The highest BCUT2D eigenvalue weighted by molar-refractivity contribution is 4.84. The minimum atomic E-state index is 1.20. The lowest BCUT2D eigenvalue weighted by atomic mass is 10.0. The van der Waals surface area contributed by atoms with Gasteiger partial charge in [-0.15, -0.1) is 0 Å². The van der Waals surface area contributed by atoms with Crippen LogP contribution in [0.25, 0.3) is 0 Å². The third-order valence-corrected chi connectivity index (χ3v) is 8.60. The molecule has 0 aliphatic rings. The highest BCUT2D eigenvalue weighted by atomic mass is 15.1. The monoisotopic (exact) mass is 532 g/mol. The van der Waals surface area contributed by atoms with Crippen molar-refractivity contribution in [3.63, 3.8) is 0 Å². The van der Waals surface area contributed by atoms with Gasteiger partial charge in [-0.25, -0.2) is 9.13 Å². The van der Waals surface area contributed by atoms with Gasteiger partial charge in [-0.05, 0) is 25.7 Å². The van der Waals surface area contributed by atoms with E-state index in [9.17, 15) is 0 Å². The third-order valence-electron chi connectivity index (χ3n) is 8.60. The van der Waals surface area contributed by atoms with Gasteiger partial charge in [0.05, 0.1) is 13.1 Å². The molecule has 0 bridgehead atoms. The molecular weight excluding hydrogens is 460 g/mol. The van der Waals surface area contributed by atoms with Crippen LogP contribution in [0.2, 0.25) is 0 Å². The van der Waals surface area contributed by atoms with Crippen LogP contribution in [0.5, 0.6) is 0 Å². The van der Waals surface area contributed by atoms with Gasteiger partial charge in [0, 0.05) is 6.42 Å². The number of nitrogens with zero attached hydrogens (tertiary/aromatic N) is 2. The summed E-state index contributed by atoms with van der Waals surface area (Å²) < 4.78 is 5.17. The van der Waals surface area contributed by atoms with Crippen molar-refractivity contribution in [3.8, 4) is 0 Å². The van der Waals surface area contributed by atoms with Gasteiger partial charge >= 0.3 is 0 Å². The Morgan fingerprint density at radius 2 is 0.816 bits per heavy atom. The average molecular weight is 532 g/mol. The van der Waals surface area contributed by atoms with E-state index in [4.69, 9.17) is 0 Å². The third kappa shape index (κ3) is 20.2. The SMILES string of the molecule is CCCCCCCCCCCCCCCCCCCc1n(CCCC)cc[n+]1CCCCCCCCCC. The molecule has 0 aliphatic carbocycles. The summed E-state index contributed by atoms with van der Waals surface area (Å²) in [4.78, 5) is 0. The summed E-state index contributed by atoms with van der Waals surface area (Å²) >= 11 is 0. The van der Waals surface area contributed by atoms with Gasteiger partial charge < -0.3 is 0 Å². The first kappa shape index (κ1) is 35.2. The van der Waals surface area contributed by atoms with Crippen molar-refractivity contribution >= 4 is 0 Å². The molecule has 38 heavy (non-hydrogen) atoms. The van der Waals surface area contributed by atoms with E-state index in [1.54, 1.807) is 5.82 Å². The zero-order valence-electron chi connectivity index (χ0n) is 26.8. The molecular formula is C36H71N2+. The minimum absolute atomic E-state index is 1.20. The summed E-state index contributed by atoms with van der Waals surface area (Å²) in [7, 11) is 0. The van der Waals surface area contributed by atoms with E-state index in [1.165, 1.54) is 193 Å². The van der Waals surface area contributed by atoms with Gasteiger partial charge in [-0.1, -0.05) is 168 Å². The van der Waals surface area contributed by atoms with Crippen LogP contribution in [0.15, 0.2) is 12.4 Å². The zero-order chi connectivity index (χ0) is 27.4. The lowest BCUT2D eigenvalue weighted by Gasteiger charge is -2.06. The molecule has 0 spiro atoms. The molecule has 2 nitrogen and oxygen atoms in total. The molecule has 0 N–H and O–H groups in total. The van der Waals surface area contributed by atoms with Crippen molar-refractivity contribution in [2.75, 3.05) is 0 Å². The maximum absolute atomic E-state index is 2.60. The molecule has 0 fully saturated rings. The average Bonchev–Trinajstić information content (AvgIpc) is 3.31. The Hall–Kier alpha value is -0.790. The maximum atomic E-state index is 2.60. The Bertz CT molecular complexity index is 590. The summed E-state index contributed by atoms with van der Waals surface area (Å²) in [5, 5.41) is 0. The van der Waals surface area contributed by atoms with E-state index in [2.05, 4.69) is 42.3 Å². The van der Waals surface area contributed by atoms with Crippen LogP contribution in [0.1, 0.15) is 200 Å². The Morgan fingerprint density at radius 1 is 0.447 bits per heavy atom. The van der Waals surface area contributed by atoms with Crippen LogP contribution in [0, 0.1) is 0 Å². The van der Waals surface area contributed by atoms with Crippen LogP contribution >= 0.6 is 0 Å². The fourth-order valence-electron chi connectivity index (χ4n) is 5.94. The number of aryl methyl sites for hydroxylation is 2. The molecule has 1 rings (SSSR count). The van der Waals surface area contributed by atoms with E-state index in [-0.39, 0.29) is 0 Å². The van der Waals surface area contributed by atoms with Gasteiger partial charge in [0.2, 0.25) is 0 Å². The second-order valence-electron chi connectivity index (χ2n) is 12.3. The predicted molar refractivity (Wildman–Crippen MR) is 170 cm³/mol. The summed E-state index contributed by atoms with van der Waals surface area (Å²) in [6.07, 6.45) is 44.5. The molecule has 0 saturated carbocycles. The number of rotatable bonds is 30. The van der Waals surface area contributed by atoms with Crippen molar-refractivity contribution in [1.29, 1.82) is 0 Å². The first-order valence-corrected chi connectivity index (χ1v) is 17.9. The molecule has 0 aromatic carbocycles. The normalized spacial score (nSPS) is 11.6. The van der Waals surface area contributed by atoms with Crippen LogP contribution in [0.3, 0.4) is 0 Å². The Balaban J connectivity index is 2.07. The first-order valence-electron chi connectivity index (χ1n) is 17.9.